The largest absolute Gasteiger partial charge is 0.207 e. The first-order valence-corrected chi connectivity index (χ1v) is 5.15. The maximum absolute atomic E-state index is 12.9. The Morgan fingerprint density at radius 1 is 1.36 bits per heavy atom. The lowest BCUT2D eigenvalue weighted by molar-refractivity contribution is 0.612. The van der Waals surface area contributed by atoms with Crippen LogP contribution in [0.1, 0.15) is 5.56 Å². The third-order valence-electron chi connectivity index (χ3n) is 1.37. The number of halogens is 3. The Bertz CT molecular complexity index is 248. The molecule has 0 nitrogen and oxygen atoms in total. The summed E-state index contributed by atoms with van der Waals surface area (Å²) in [5.41, 5.74) is 0.747. The molecule has 0 spiro atoms. The van der Waals surface area contributed by atoms with Crippen molar-refractivity contribution in [3.63, 3.8) is 0 Å². The second-order valence-electron chi connectivity index (χ2n) is 2.17. The molecule has 0 unspecified atom stereocenters. The summed E-state index contributed by atoms with van der Waals surface area (Å²) in [7, 11) is 0. The van der Waals surface area contributed by atoms with Gasteiger partial charge in [-0.15, -0.1) is 0 Å². The predicted octanol–water partition coefficient (Wildman–Crippen LogP) is 3.53. The van der Waals surface area contributed by atoms with Crippen molar-refractivity contribution in [1.29, 1.82) is 0 Å². The van der Waals surface area contributed by atoms with Crippen molar-refractivity contribution in [2.24, 2.45) is 0 Å². The van der Waals surface area contributed by atoms with Gasteiger partial charge in [0.25, 0.3) is 0 Å². The fraction of sp³-hybridized carbons (Fsp3) is 0.250. The molecule has 1 aromatic rings. The molecule has 1 aromatic carbocycles. The smallest absolute Gasteiger partial charge is 0.126 e. The van der Waals surface area contributed by atoms with Crippen LogP contribution in [0.3, 0.4) is 0 Å². The van der Waals surface area contributed by atoms with E-state index < -0.39 is 0 Å². The zero-order valence-electron chi connectivity index (χ0n) is 5.78. The molecular weight excluding hydrogens is 275 g/mol. The minimum absolute atomic E-state index is 0.132. The van der Waals surface area contributed by atoms with Gasteiger partial charge in [-0.25, -0.2) is 4.39 Å². The van der Waals surface area contributed by atoms with Crippen LogP contribution in [0.5, 0.6) is 0 Å². The van der Waals surface area contributed by atoms with Gasteiger partial charge in [-0.3, -0.25) is 0 Å². The fourth-order valence-corrected chi connectivity index (χ4v) is 1.67. The summed E-state index contributed by atoms with van der Waals surface area (Å²) >= 11 is 6.55. The molecule has 0 aliphatic carbocycles. The van der Waals surface area contributed by atoms with E-state index in [1.165, 1.54) is 6.07 Å². The number of benzene rings is 1. The Balaban J connectivity index is 2.93. The standard InChI is InChI=1S/C8H7Br2F/c9-4-3-6-5-7(10)1-2-8(6)11/h1-2,5H,3-4H2. The average Bonchev–Trinajstić information content (AvgIpc) is 1.98. The van der Waals surface area contributed by atoms with Crippen LogP contribution in [-0.2, 0) is 6.42 Å². The molecule has 60 valence electrons. The first kappa shape index (κ1) is 9.20. The molecule has 0 aromatic heterocycles. The van der Waals surface area contributed by atoms with Crippen molar-refractivity contribution in [3.8, 4) is 0 Å². The second-order valence-corrected chi connectivity index (χ2v) is 3.88. The molecule has 0 atom stereocenters. The van der Waals surface area contributed by atoms with E-state index in [-0.39, 0.29) is 5.82 Å². The normalized spacial score (nSPS) is 10.1. The maximum Gasteiger partial charge on any atom is 0.126 e. The lowest BCUT2D eigenvalue weighted by Gasteiger charge is -1.99. The summed E-state index contributed by atoms with van der Waals surface area (Å²) in [5, 5.41) is 0.792. The molecule has 11 heavy (non-hydrogen) atoms. The van der Waals surface area contributed by atoms with Gasteiger partial charge in [0, 0.05) is 9.80 Å². The van der Waals surface area contributed by atoms with Gasteiger partial charge >= 0.3 is 0 Å². The first-order valence-electron chi connectivity index (χ1n) is 3.24. The Morgan fingerprint density at radius 3 is 2.73 bits per heavy atom. The molecular formula is C8H7Br2F. The highest BCUT2D eigenvalue weighted by Crippen LogP contribution is 2.16. The van der Waals surface area contributed by atoms with E-state index in [9.17, 15) is 4.39 Å². The van der Waals surface area contributed by atoms with Gasteiger partial charge < -0.3 is 0 Å². The van der Waals surface area contributed by atoms with E-state index in [4.69, 9.17) is 0 Å². The van der Waals surface area contributed by atoms with Crippen LogP contribution < -0.4 is 0 Å². The minimum Gasteiger partial charge on any atom is -0.207 e. The van der Waals surface area contributed by atoms with Gasteiger partial charge in [-0.05, 0) is 30.2 Å². The fourth-order valence-electron chi connectivity index (χ4n) is 0.837. The van der Waals surface area contributed by atoms with Crippen molar-refractivity contribution < 1.29 is 4.39 Å². The lowest BCUT2D eigenvalue weighted by atomic mass is 10.2. The van der Waals surface area contributed by atoms with E-state index in [0.29, 0.717) is 0 Å². The predicted molar refractivity (Wildman–Crippen MR) is 51.6 cm³/mol. The van der Waals surface area contributed by atoms with E-state index in [2.05, 4.69) is 31.9 Å². The van der Waals surface area contributed by atoms with Crippen molar-refractivity contribution in [1.82, 2.24) is 0 Å². The molecule has 0 N–H and O–H groups in total. The molecule has 0 bridgehead atoms. The lowest BCUT2D eigenvalue weighted by Crippen LogP contribution is -1.90. The summed E-state index contributed by atoms with van der Waals surface area (Å²) in [4.78, 5) is 0. The molecule has 0 fully saturated rings. The number of hydrogen-bond acceptors (Lipinski definition) is 0. The Labute approximate surface area is 82.1 Å². The monoisotopic (exact) mass is 280 g/mol. The van der Waals surface area contributed by atoms with Gasteiger partial charge in [0.1, 0.15) is 5.82 Å². The number of rotatable bonds is 2. The second kappa shape index (κ2) is 4.21. The molecule has 3 heteroatoms. The van der Waals surface area contributed by atoms with E-state index in [1.807, 2.05) is 0 Å². The quantitative estimate of drug-likeness (QED) is 0.728. The number of alkyl halides is 1. The summed E-state index contributed by atoms with van der Waals surface area (Å²) in [6.45, 7) is 0. The van der Waals surface area contributed by atoms with Crippen LogP contribution in [0.15, 0.2) is 22.7 Å². The zero-order valence-corrected chi connectivity index (χ0v) is 8.95. The molecule has 0 radical (unpaired) electrons. The molecule has 0 amide bonds. The van der Waals surface area contributed by atoms with Crippen LogP contribution in [0.4, 0.5) is 4.39 Å². The van der Waals surface area contributed by atoms with Crippen LogP contribution >= 0.6 is 31.9 Å². The Morgan fingerprint density at radius 2 is 2.09 bits per heavy atom. The van der Waals surface area contributed by atoms with Gasteiger partial charge in [-0.1, -0.05) is 31.9 Å². The maximum atomic E-state index is 12.9. The van der Waals surface area contributed by atoms with E-state index in [1.54, 1.807) is 12.1 Å². The number of hydrogen-bond donors (Lipinski definition) is 0. The topological polar surface area (TPSA) is 0 Å². The van der Waals surface area contributed by atoms with Gasteiger partial charge in [0.05, 0.1) is 0 Å². The van der Waals surface area contributed by atoms with Crippen LogP contribution in [0, 0.1) is 5.82 Å². The van der Waals surface area contributed by atoms with Crippen LogP contribution in [0.2, 0.25) is 0 Å². The minimum atomic E-state index is -0.132. The molecule has 0 aliphatic heterocycles. The van der Waals surface area contributed by atoms with Crippen LogP contribution in [0.25, 0.3) is 0 Å². The van der Waals surface area contributed by atoms with Crippen molar-refractivity contribution in [2.75, 3.05) is 5.33 Å². The summed E-state index contributed by atoms with van der Waals surface area (Å²) < 4.78 is 13.8. The van der Waals surface area contributed by atoms with Crippen molar-refractivity contribution in [2.45, 2.75) is 6.42 Å². The van der Waals surface area contributed by atoms with Gasteiger partial charge in [0.2, 0.25) is 0 Å². The van der Waals surface area contributed by atoms with Crippen LogP contribution in [-0.4, -0.2) is 5.33 Å². The average molecular weight is 282 g/mol. The summed E-state index contributed by atoms with van der Waals surface area (Å²) in [6, 6.07) is 4.98. The highest BCUT2D eigenvalue weighted by Gasteiger charge is 2.00. The van der Waals surface area contributed by atoms with Crippen molar-refractivity contribution in [3.05, 3.63) is 34.1 Å². The molecule has 0 heterocycles. The van der Waals surface area contributed by atoms with E-state index in [0.717, 1.165) is 21.8 Å². The third-order valence-corrected chi connectivity index (χ3v) is 2.26. The summed E-state index contributed by atoms with van der Waals surface area (Å²) in [5.74, 6) is -0.132. The molecule has 0 saturated heterocycles. The zero-order chi connectivity index (χ0) is 8.27. The van der Waals surface area contributed by atoms with Gasteiger partial charge in [-0.2, -0.15) is 0 Å². The first-order chi connectivity index (χ1) is 5.24. The third kappa shape index (κ3) is 2.56. The molecule has 1 rings (SSSR count). The Hall–Kier alpha value is 0.110. The molecule has 0 aliphatic rings. The van der Waals surface area contributed by atoms with Crippen molar-refractivity contribution >= 4 is 31.9 Å². The van der Waals surface area contributed by atoms with E-state index >= 15 is 0 Å². The number of aryl methyl sites for hydroxylation is 1. The highest BCUT2D eigenvalue weighted by molar-refractivity contribution is 9.10. The summed E-state index contributed by atoms with van der Waals surface area (Å²) in [6.07, 6.45) is 0.727. The SMILES string of the molecule is Fc1ccc(Br)cc1CCBr. The molecule has 0 saturated carbocycles. The highest BCUT2D eigenvalue weighted by atomic mass is 79.9. The Kier molecular flexibility index (Phi) is 3.52. The van der Waals surface area contributed by atoms with Gasteiger partial charge in [0.15, 0.2) is 0 Å².